The third kappa shape index (κ3) is 5.78. The molecule has 0 aliphatic heterocycles. The molecule has 1 amide bonds. The van der Waals surface area contributed by atoms with E-state index >= 15 is 0 Å². The molecule has 0 radical (unpaired) electrons. The Morgan fingerprint density at radius 1 is 1.17 bits per heavy atom. The lowest BCUT2D eigenvalue weighted by atomic mass is 10.1. The lowest BCUT2D eigenvalue weighted by Gasteiger charge is -2.21. The molecule has 134 valence electrons. The number of hydrogen-bond donors (Lipinski definition) is 1. The van der Waals surface area contributed by atoms with Gasteiger partial charge in [0.25, 0.3) is 0 Å². The van der Waals surface area contributed by atoms with Crippen molar-refractivity contribution in [3.8, 4) is 0 Å². The molecule has 1 aromatic carbocycles. The molecular weight excluding hydrogens is 336 g/mol. The molecule has 0 bridgehead atoms. The van der Waals surface area contributed by atoms with Gasteiger partial charge in [0.05, 0.1) is 11.8 Å². The van der Waals surface area contributed by atoms with E-state index in [9.17, 15) is 18.4 Å². The molecule has 0 aliphatic rings. The maximum atomic E-state index is 14.1. The number of halogens is 2. The highest BCUT2D eigenvalue weighted by Gasteiger charge is 2.27. The molecule has 0 saturated carbocycles. The zero-order valence-corrected chi connectivity index (χ0v) is 15.3. The molecule has 0 spiro atoms. The van der Waals surface area contributed by atoms with Crippen LogP contribution in [0.4, 0.5) is 14.5 Å². The number of ether oxygens (including phenoxy) is 1. The molecule has 7 heteroatoms. The molecule has 0 heterocycles. The van der Waals surface area contributed by atoms with Gasteiger partial charge in [0, 0.05) is 17.4 Å². The summed E-state index contributed by atoms with van der Waals surface area (Å²) in [4.78, 5) is 23.7. The van der Waals surface area contributed by atoms with Crippen molar-refractivity contribution < 1.29 is 23.1 Å². The number of thioether (sulfide) groups is 1. The van der Waals surface area contributed by atoms with Crippen molar-refractivity contribution in [1.29, 1.82) is 0 Å². The number of rotatable bonds is 7. The quantitative estimate of drug-likeness (QED) is 0.580. The van der Waals surface area contributed by atoms with Crippen LogP contribution in [0.2, 0.25) is 0 Å². The summed E-state index contributed by atoms with van der Waals surface area (Å²) < 4.78 is 33.1. The molecule has 4 nitrogen and oxygen atoms in total. The van der Waals surface area contributed by atoms with Crippen LogP contribution in [0.15, 0.2) is 17.0 Å². The Bertz CT molecular complexity index is 606. The maximum Gasteiger partial charge on any atom is 0.319 e. The summed E-state index contributed by atoms with van der Waals surface area (Å²) in [5.74, 6) is -2.58. The second kappa shape index (κ2) is 9.01. The Hall–Kier alpha value is -1.63. The van der Waals surface area contributed by atoms with E-state index < -0.39 is 22.9 Å². The first-order chi connectivity index (χ1) is 11.1. The molecule has 24 heavy (non-hydrogen) atoms. The van der Waals surface area contributed by atoms with Crippen molar-refractivity contribution in [2.45, 2.75) is 57.3 Å². The highest BCUT2D eigenvalue weighted by Crippen LogP contribution is 2.34. The van der Waals surface area contributed by atoms with Crippen LogP contribution in [0, 0.1) is 17.6 Å². The van der Waals surface area contributed by atoms with Crippen LogP contribution in [0.3, 0.4) is 0 Å². The summed E-state index contributed by atoms with van der Waals surface area (Å²) in [6, 6.07) is 1.92. The fourth-order valence-electron chi connectivity index (χ4n) is 1.85. The van der Waals surface area contributed by atoms with E-state index in [1.165, 1.54) is 6.07 Å². The van der Waals surface area contributed by atoms with Gasteiger partial charge in [-0.05, 0) is 25.8 Å². The Balaban J connectivity index is 3.08. The first-order valence-electron chi connectivity index (χ1n) is 7.81. The van der Waals surface area contributed by atoms with Gasteiger partial charge >= 0.3 is 5.97 Å². The lowest BCUT2D eigenvalue weighted by Crippen LogP contribution is -2.28. The second-order valence-electron chi connectivity index (χ2n) is 5.93. The van der Waals surface area contributed by atoms with Crippen LogP contribution >= 0.6 is 11.8 Å². The van der Waals surface area contributed by atoms with Crippen LogP contribution in [0.1, 0.15) is 41.0 Å². The summed E-state index contributed by atoms with van der Waals surface area (Å²) in [5.41, 5.74) is -0.106. The van der Waals surface area contributed by atoms with Gasteiger partial charge in [0.1, 0.15) is 16.9 Å². The third-order valence-electron chi connectivity index (χ3n) is 3.06. The normalized spacial score (nSPS) is 12.4. The van der Waals surface area contributed by atoms with E-state index in [1.807, 2.05) is 13.8 Å². The predicted molar refractivity (Wildman–Crippen MR) is 91.0 cm³/mol. The highest BCUT2D eigenvalue weighted by atomic mass is 32.2. The number of hydrogen-bond acceptors (Lipinski definition) is 4. The monoisotopic (exact) mass is 359 g/mol. The second-order valence-corrected chi connectivity index (χ2v) is 7.12. The van der Waals surface area contributed by atoms with Gasteiger partial charge in [-0.2, -0.15) is 0 Å². The van der Waals surface area contributed by atoms with E-state index in [0.29, 0.717) is 6.07 Å². The Kier molecular flexibility index (Phi) is 7.66. The number of esters is 1. The Labute approximate surface area is 145 Å². The average Bonchev–Trinajstić information content (AvgIpc) is 2.47. The van der Waals surface area contributed by atoms with Crippen molar-refractivity contribution >= 4 is 29.3 Å². The SMILES string of the molecule is CCC(=O)Nc1cc(SC(C(=O)OC(C)C)C(C)C)c(F)cc1F. The van der Waals surface area contributed by atoms with E-state index in [0.717, 1.165) is 11.8 Å². The largest absolute Gasteiger partial charge is 0.462 e. The zero-order valence-electron chi connectivity index (χ0n) is 14.5. The standard InChI is InChI=1S/C17H23F2NO3S/c1-6-15(21)20-13-8-14(12(19)7-11(13)18)24-16(9(2)3)17(22)23-10(4)5/h7-10,16H,6H2,1-5H3,(H,20,21). The van der Waals surface area contributed by atoms with Gasteiger partial charge in [-0.1, -0.05) is 20.8 Å². The molecule has 0 fully saturated rings. The minimum Gasteiger partial charge on any atom is -0.462 e. The Morgan fingerprint density at radius 2 is 1.79 bits per heavy atom. The third-order valence-corrected chi connectivity index (χ3v) is 4.62. The van der Waals surface area contributed by atoms with Crippen LogP contribution in [-0.2, 0) is 14.3 Å². The molecule has 1 aromatic rings. The summed E-state index contributed by atoms with van der Waals surface area (Å²) >= 11 is 0.964. The fraction of sp³-hybridized carbons (Fsp3) is 0.529. The average molecular weight is 359 g/mol. The minimum atomic E-state index is -0.857. The smallest absolute Gasteiger partial charge is 0.319 e. The predicted octanol–water partition coefficient (Wildman–Crippen LogP) is 4.38. The van der Waals surface area contributed by atoms with Crippen molar-refractivity contribution in [3.05, 3.63) is 23.8 Å². The molecule has 1 rings (SSSR count). The summed E-state index contributed by atoms with van der Waals surface area (Å²) in [6.45, 7) is 8.73. The summed E-state index contributed by atoms with van der Waals surface area (Å²) in [7, 11) is 0. The molecule has 0 saturated heterocycles. The van der Waals surface area contributed by atoms with Gasteiger partial charge in [-0.25, -0.2) is 8.78 Å². The molecular formula is C17H23F2NO3S. The van der Waals surface area contributed by atoms with E-state index in [1.54, 1.807) is 20.8 Å². The topological polar surface area (TPSA) is 55.4 Å². The minimum absolute atomic E-state index is 0.0854. The first-order valence-corrected chi connectivity index (χ1v) is 8.69. The number of carbonyl (C=O) groups is 2. The van der Waals surface area contributed by atoms with E-state index in [-0.39, 0.29) is 34.9 Å². The maximum absolute atomic E-state index is 14.1. The highest BCUT2D eigenvalue weighted by molar-refractivity contribution is 8.00. The van der Waals surface area contributed by atoms with Gasteiger partial charge in [-0.15, -0.1) is 11.8 Å². The van der Waals surface area contributed by atoms with Crippen molar-refractivity contribution in [2.75, 3.05) is 5.32 Å². The number of nitrogens with one attached hydrogen (secondary N) is 1. The number of amides is 1. The lowest BCUT2D eigenvalue weighted by molar-refractivity contribution is -0.147. The van der Waals surface area contributed by atoms with Gasteiger partial charge in [0.15, 0.2) is 0 Å². The fourth-order valence-corrected chi connectivity index (χ4v) is 2.90. The van der Waals surface area contributed by atoms with E-state index in [4.69, 9.17) is 4.74 Å². The number of anilines is 1. The molecule has 0 aromatic heterocycles. The Morgan fingerprint density at radius 3 is 2.29 bits per heavy atom. The van der Waals surface area contributed by atoms with Crippen molar-refractivity contribution in [2.24, 2.45) is 5.92 Å². The van der Waals surface area contributed by atoms with Crippen LogP contribution in [0.25, 0.3) is 0 Å². The number of benzene rings is 1. The van der Waals surface area contributed by atoms with Crippen LogP contribution in [0.5, 0.6) is 0 Å². The molecule has 1 unspecified atom stereocenters. The zero-order chi connectivity index (χ0) is 18.4. The van der Waals surface area contributed by atoms with Crippen molar-refractivity contribution in [3.63, 3.8) is 0 Å². The van der Waals surface area contributed by atoms with Gasteiger partial charge < -0.3 is 10.1 Å². The number of carbonyl (C=O) groups excluding carboxylic acids is 2. The molecule has 1 atom stereocenters. The summed E-state index contributed by atoms with van der Waals surface area (Å²) in [5, 5.41) is 1.74. The molecule has 1 N–H and O–H groups in total. The van der Waals surface area contributed by atoms with Gasteiger partial charge in [0.2, 0.25) is 5.91 Å². The van der Waals surface area contributed by atoms with E-state index in [2.05, 4.69) is 5.32 Å². The van der Waals surface area contributed by atoms with Crippen molar-refractivity contribution in [1.82, 2.24) is 0 Å². The summed E-state index contributed by atoms with van der Waals surface area (Å²) in [6.07, 6.45) is -0.105. The van der Waals surface area contributed by atoms with Crippen LogP contribution in [-0.4, -0.2) is 23.2 Å². The van der Waals surface area contributed by atoms with Crippen LogP contribution < -0.4 is 5.32 Å². The first kappa shape index (κ1) is 20.4. The van der Waals surface area contributed by atoms with Gasteiger partial charge in [-0.3, -0.25) is 9.59 Å². The molecule has 0 aliphatic carbocycles.